The molecule has 35 heavy (non-hydrogen) atoms. The van der Waals surface area contributed by atoms with Gasteiger partial charge in [0.2, 0.25) is 11.8 Å². The topological polar surface area (TPSA) is 69.7 Å². The first-order valence-corrected chi connectivity index (χ1v) is 13.3. The van der Waals surface area contributed by atoms with E-state index in [1.807, 2.05) is 60.9 Å². The smallest absolute Gasteiger partial charge is 0.327 e. The molecule has 0 bridgehead atoms. The minimum atomic E-state index is -0.284. The second-order valence-electron chi connectivity index (χ2n) is 8.94. The minimum Gasteiger partial charge on any atom is -0.352 e. The Hall–Kier alpha value is -2.77. The molecular formula is C27H30ClN3O3S. The van der Waals surface area contributed by atoms with Crippen LogP contribution in [0.2, 0.25) is 5.02 Å². The van der Waals surface area contributed by atoms with E-state index in [9.17, 15) is 14.4 Å². The van der Waals surface area contributed by atoms with Crippen molar-refractivity contribution >= 4 is 41.2 Å². The van der Waals surface area contributed by atoms with Crippen LogP contribution >= 0.6 is 23.4 Å². The summed E-state index contributed by atoms with van der Waals surface area (Å²) in [7, 11) is 0. The molecule has 184 valence electrons. The maximum absolute atomic E-state index is 13.3. The largest absolute Gasteiger partial charge is 0.352 e. The average Bonchev–Trinajstić information content (AvgIpc) is 3.34. The number of benzene rings is 2. The van der Waals surface area contributed by atoms with Gasteiger partial charge < -0.3 is 10.2 Å². The lowest BCUT2D eigenvalue weighted by Gasteiger charge is -2.41. The summed E-state index contributed by atoms with van der Waals surface area (Å²) in [6, 6.07) is 15.1. The second kappa shape index (κ2) is 11.8. The van der Waals surface area contributed by atoms with E-state index >= 15 is 0 Å². The van der Waals surface area contributed by atoms with Gasteiger partial charge in [0.05, 0.1) is 6.04 Å². The lowest BCUT2D eigenvalue weighted by Crippen LogP contribution is -2.61. The van der Waals surface area contributed by atoms with Crippen molar-refractivity contribution in [1.82, 2.24) is 15.1 Å². The molecule has 0 aromatic heterocycles. The van der Waals surface area contributed by atoms with Crippen molar-refractivity contribution in [3.05, 3.63) is 81.7 Å². The summed E-state index contributed by atoms with van der Waals surface area (Å²) < 4.78 is 0. The molecule has 0 spiro atoms. The number of thioether (sulfide) groups is 1. The summed E-state index contributed by atoms with van der Waals surface area (Å²) in [6.45, 7) is 3.28. The standard InChI is InChI=1S/C27H30ClN3O3S/c1-19-10-12-20(13-11-19)18-31-23-14-16-35-25(23)26(33)30(27(31)34)15-6-2-3-9-24(32)29-17-21-7-4-5-8-22(21)28/h4-5,7-8,10-14,16,23,25H,2-3,6,9,15,17-18H2,1H3,(H,29,32). The number of hydrogen-bond acceptors (Lipinski definition) is 4. The molecule has 2 aliphatic heterocycles. The van der Waals surface area contributed by atoms with Crippen LogP contribution < -0.4 is 5.32 Å². The van der Waals surface area contributed by atoms with Crippen LogP contribution in [0, 0.1) is 6.92 Å². The number of amides is 4. The second-order valence-corrected chi connectivity index (χ2v) is 10.4. The number of aryl methyl sites for hydroxylation is 1. The van der Waals surface area contributed by atoms with Crippen LogP contribution in [0.4, 0.5) is 4.79 Å². The molecule has 2 heterocycles. The van der Waals surface area contributed by atoms with Crippen molar-refractivity contribution < 1.29 is 14.4 Å². The summed E-state index contributed by atoms with van der Waals surface area (Å²) in [6.07, 6.45) is 4.48. The zero-order valence-electron chi connectivity index (χ0n) is 19.8. The number of rotatable bonds is 10. The molecule has 0 radical (unpaired) electrons. The molecule has 0 saturated carbocycles. The number of nitrogens with zero attached hydrogens (tertiary/aromatic N) is 2. The molecule has 2 unspecified atom stereocenters. The maximum atomic E-state index is 13.3. The van der Waals surface area contributed by atoms with Crippen LogP contribution in [-0.4, -0.2) is 45.5 Å². The highest BCUT2D eigenvalue weighted by Gasteiger charge is 2.46. The quantitative estimate of drug-likeness (QED) is 0.440. The molecule has 2 aromatic rings. The van der Waals surface area contributed by atoms with Gasteiger partial charge in [0.25, 0.3) is 0 Å². The number of nitrogens with one attached hydrogen (secondary N) is 1. The number of hydrogen-bond donors (Lipinski definition) is 1. The van der Waals surface area contributed by atoms with Crippen molar-refractivity contribution in [3.63, 3.8) is 0 Å². The summed E-state index contributed by atoms with van der Waals surface area (Å²) in [4.78, 5) is 41.7. The molecular weight excluding hydrogens is 482 g/mol. The van der Waals surface area contributed by atoms with E-state index in [2.05, 4.69) is 5.32 Å². The van der Waals surface area contributed by atoms with E-state index < -0.39 is 0 Å². The van der Waals surface area contributed by atoms with Gasteiger partial charge in [-0.1, -0.05) is 72.1 Å². The number of unbranched alkanes of at least 4 members (excludes halogenated alkanes) is 2. The minimum absolute atomic E-state index is 0.0319. The van der Waals surface area contributed by atoms with Gasteiger partial charge in [0.15, 0.2) is 0 Å². The van der Waals surface area contributed by atoms with E-state index in [1.54, 1.807) is 11.0 Å². The van der Waals surface area contributed by atoms with Crippen molar-refractivity contribution in [2.24, 2.45) is 0 Å². The number of urea groups is 1. The molecule has 1 N–H and O–H groups in total. The number of fused-ring (bicyclic) bond motifs is 1. The highest BCUT2D eigenvalue weighted by atomic mass is 35.5. The number of carbonyl (C=O) groups is 3. The highest BCUT2D eigenvalue weighted by Crippen LogP contribution is 2.35. The first-order chi connectivity index (χ1) is 16.9. The third-order valence-corrected chi connectivity index (χ3v) is 7.81. The SMILES string of the molecule is Cc1ccc(CN2C(=O)N(CCCCCC(=O)NCc3ccccc3Cl)C(=O)C3SC=CC32)cc1. The van der Waals surface area contributed by atoms with Crippen LogP contribution in [0.1, 0.15) is 42.4 Å². The third-order valence-electron chi connectivity index (χ3n) is 6.35. The summed E-state index contributed by atoms with van der Waals surface area (Å²) in [5.41, 5.74) is 3.10. The van der Waals surface area contributed by atoms with Crippen molar-refractivity contribution in [3.8, 4) is 0 Å². The summed E-state index contributed by atoms with van der Waals surface area (Å²) in [5.74, 6) is -0.150. The Morgan fingerprint density at radius 1 is 1.06 bits per heavy atom. The fraction of sp³-hybridized carbons (Fsp3) is 0.370. The Labute approximate surface area is 215 Å². The van der Waals surface area contributed by atoms with Gasteiger partial charge in [-0.2, -0.15) is 0 Å². The van der Waals surface area contributed by atoms with Crippen LogP contribution in [0.15, 0.2) is 60.0 Å². The predicted molar refractivity (Wildman–Crippen MR) is 140 cm³/mol. The lowest BCUT2D eigenvalue weighted by atomic mass is 10.1. The van der Waals surface area contributed by atoms with Crippen LogP contribution in [0.5, 0.6) is 0 Å². The first-order valence-electron chi connectivity index (χ1n) is 11.9. The zero-order chi connectivity index (χ0) is 24.8. The predicted octanol–water partition coefficient (Wildman–Crippen LogP) is 5.29. The Morgan fingerprint density at radius 2 is 1.83 bits per heavy atom. The monoisotopic (exact) mass is 511 g/mol. The van der Waals surface area contributed by atoms with Crippen LogP contribution in [0.25, 0.3) is 0 Å². The molecule has 2 aromatic carbocycles. The molecule has 4 rings (SSSR count). The van der Waals surface area contributed by atoms with E-state index in [0.717, 1.165) is 17.5 Å². The van der Waals surface area contributed by atoms with E-state index in [4.69, 9.17) is 11.6 Å². The normalized spacial score (nSPS) is 19.3. The molecule has 0 aliphatic carbocycles. The van der Waals surface area contributed by atoms with Crippen molar-refractivity contribution in [1.29, 1.82) is 0 Å². The highest BCUT2D eigenvalue weighted by molar-refractivity contribution is 8.03. The molecule has 2 aliphatic rings. The van der Waals surface area contributed by atoms with Crippen LogP contribution in [-0.2, 0) is 22.7 Å². The maximum Gasteiger partial charge on any atom is 0.327 e. The molecule has 6 nitrogen and oxygen atoms in total. The number of imide groups is 1. The van der Waals surface area contributed by atoms with E-state index in [1.165, 1.54) is 22.2 Å². The van der Waals surface area contributed by atoms with Gasteiger partial charge in [-0.25, -0.2) is 4.79 Å². The van der Waals surface area contributed by atoms with E-state index in [0.29, 0.717) is 43.9 Å². The first kappa shape index (κ1) is 25.3. The fourth-order valence-corrected chi connectivity index (χ4v) is 5.59. The fourth-order valence-electron chi connectivity index (χ4n) is 4.32. The molecule has 1 fully saturated rings. The average molecular weight is 512 g/mol. The molecule has 8 heteroatoms. The van der Waals surface area contributed by atoms with Gasteiger partial charge in [-0.15, -0.1) is 11.8 Å². The Balaban J connectivity index is 1.25. The van der Waals surface area contributed by atoms with Crippen molar-refractivity contribution in [2.45, 2.75) is 57.0 Å². The lowest BCUT2D eigenvalue weighted by molar-refractivity contribution is -0.131. The molecule has 2 atom stereocenters. The summed E-state index contributed by atoms with van der Waals surface area (Å²) in [5, 5.41) is 5.17. The zero-order valence-corrected chi connectivity index (χ0v) is 21.4. The number of carbonyl (C=O) groups excluding carboxylic acids is 3. The number of halogens is 1. The van der Waals surface area contributed by atoms with Crippen molar-refractivity contribution in [2.75, 3.05) is 6.54 Å². The van der Waals surface area contributed by atoms with Gasteiger partial charge in [0, 0.05) is 31.1 Å². The Kier molecular flexibility index (Phi) is 8.52. The molecule has 4 amide bonds. The van der Waals surface area contributed by atoms with Gasteiger partial charge >= 0.3 is 6.03 Å². The van der Waals surface area contributed by atoms with E-state index in [-0.39, 0.29) is 29.1 Å². The van der Waals surface area contributed by atoms with Gasteiger partial charge in [0.1, 0.15) is 5.25 Å². The summed E-state index contributed by atoms with van der Waals surface area (Å²) >= 11 is 7.61. The van der Waals surface area contributed by atoms with Crippen LogP contribution in [0.3, 0.4) is 0 Å². The molecule has 1 saturated heterocycles. The third kappa shape index (κ3) is 6.27. The van der Waals surface area contributed by atoms with Gasteiger partial charge in [-0.3, -0.25) is 14.5 Å². The Bertz CT molecular complexity index is 1110. The van der Waals surface area contributed by atoms with Gasteiger partial charge in [-0.05, 0) is 42.4 Å². The Morgan fingerprint density at radius 3 is 2.60 bits per heavy atom.